The molecule has 10 heteroatoms. The standard InChI is InChI=1S/C35H38FN9/c1-21(18-35(2,3)4)40-26-15-23(19-37-20-26)28-7-8-30-33(42-28)34(44-43-30)31-17-27-29(41-31)9-10-39-32(27)22-13-24(36)16-25(14-22)38-11-12-45(5)6/h7-10,13-17,19-20,38,40-41H,1,11-12,18H2,2-6H3,(H,43,44). The summed E-state index contributed by atoms with van der Waals surface area (Å²) in [4.78, 5) is 19.6. The Kier molecular flexibility index (Phi) is 8.07. The lowest BCUT2D eigenvalue weighted by atomic mass is 9.91. The predicted molar refractivity (Wildman–Crippen MR) is 181 cm³/mol. The van der Waals surface area contributed by atoms with E-state index in [1.54, 1.807) is 18.6 Å². The molecule has 230 valence electrons. The lowest BCUT2D eigenvalue weighted by molar-refractivity contribution is 0.411. The summed E-state index contributed by atoms with van der Waals surface area (Å²) in [5.41, 5.74) is 9.52. The van der Waals surface area contributed by atoms with Gasteiger partial charge in [0.25, 0.3) is 0 Å². The summed E-state index contributed by atoms with van der Waals surface area (Å²) in [7, 11) is 4.01. The minimum atomic E-state index is -0.322. The van der Waals surface area contributed by atoms with Crippen LogP contribution in [-0.2, 0) is 0 Å². The number of anilines is 2. The molecule has 0 fully saturated rings. The van der Waals surface area contributed by atoms with Crippen LogP contribution < -0.4 is 10.6 Å². The van der Waals surface area contributed by atoms with Gasteiger partial charge in [-0.2, -0.15) is 5.10 Å². The first-order valence-corrected chi connectivity index (χ1v) is 15.0. The molecule has 4 N–H and O–H groups in total. The number of hydrogen-bond acceptors (Lipinski definition) is 7. The third-order valence-electron chi connectivity index (χ3n) is 7.37. The Labute approximate surface area is 262 Å². The Bertz CT molecular complexity index is 2000. The fourth-order valence-electron chi connectivity index (χ4n) is 5.45. The van der Waals surface area contributed by atoms with Crippen LogP contribution in [0.3, 0.4) is 0 Å². The number of aromatic amines is 2. The fourth-order valence-corrected chi connectivity index (χ4v) is 5.45. The molecule has 0 bridgehead atoms. The number of fused-ring (bicyclic) bond motifs is 2. The summed E-state index contributed by atoms with van der Waals surface area (Å²) in [5, 5.41) is 15.3. The molecule has 0 aliphatic carbocycles. The van der Waals surface area contributed by atoms with Gasteiger partial charge >= 0.3 is 0 Å². The molecule has 0 unspecified atom stereocenters. The van der Waals surface area contributed by atoms with E-state index in [9.17, 15) is 4.39 Å². The third-order valence-corrected chi connectivity index (χ3v) is 7.37. The Morgan fingerprint density at radius 1 is 0.956 bits per heavy atom. The lowest BCUT2D eigenvalue weighted by Gasteiger charge is -2.20. The quantitative estimate of drug-likeness (QED) is 0.127. The van der Waals surface area contributed by atoms with Crippen molar-refractivity contribution >= 4 is 33.3 Å². The SMILES string of the molecule is C=C(CC(C)(C)C)Nc1cncc(-c2ccc3[nH]nc(-c4cc5c(-c6cc(F)cc(NCCN(C)C)c6)nccc5[nH]4)c3n2)c1. The zero-order valence-electron chi connectivity index (χ0n) is 26.3. The van der Waals surface area contributed by atoms with Crippen LogP contribution in [0.4, 0.5) is 15.8 Å². The van der Waals surface area contributed by atoms with Crippen LogP contribution in [0.2, 0.25) is 0 Å². The molecular weight excluding hydrogens is 565 g/mol. The Balaban J connectivity index is 1.33. The fraction of sp³-hybridized carbons (Fsp3) is 0.257. The van der Waals surface area contributed by atoms with Crippen LogP contribution in [0.5, 0.6) is 0 Å². The van der Waals surface area contributed by atoms with E-state index in [-0.39, 0.29) is 11.2 Å². The highest BCUT2D eigenvalue weighted by Gasteiger charge is 2.17. The van der Waals surface area contributed by atoms with E-state index in [4.69, 9.17) is 4.98 Å². The van der Waals surface area contributed by atoms with E-state index < -0.39 is 0 Å². The van der Waals surface area contributed by atoms with Crippen LogP contribution in [0, 0.1) is 11.2 Å². The molecule has 0 amide bonds. The van der Waals surface area contributed by atoms with E-state index in [2.05, 4.69) is 68.0 Å². The summed E-state index contributed by atoms with van der Waals surface area (Å²) in [5.74, 6) is -0.322. The maximum atomic E-state index is 14.7. The summed E-state index contributed by atoms with van der Waals surface area (Å²) in [6, 6.07) is 14.8. The molecule has 5 aromatic heterocycles. The average molecular weight is 604 g/mol. The molecule has 9 nitrogen and oxygen atoms in total. The van der Waals surface area contributed by atoms with Crippen LogP contribution >= 0.6 is 0 Å². The minimum Gasteiger partial charge on any atom is -0.384 e. The maximum Gasteiger partial charge on any atom is 0.135 e. The normalized spacial score (nSPS) is 11.9. The van der Waals surface area contributed by atoms with Crippen molar-refractivity contribution < 1.29 is 4.39 Å². The van der Waals surface area contributed by atoms with Crippen molar-refractivity contribution in [2.75, 3.05) is 37.8 Å². The van der Waals surface area contributed by atoms with Gasteiger partial charge in [0.1, 0.15) is 17.0 Å². The predicted octanol–water partition coefficient (Wildman–Crippen LogP) is 7.70. The van der Waals surface area contributed by atoms with Gasteiger partial charge in [-0.3, -0.25) is 15.1 Å². The van der Waals surface area contributed by atoms with Gasteiger partial charge in [-0.25, -0.2) is 9.37 Å². The molecule has 0 saturated heterocycles. The molecule has 6 aromatic rings. The topological polar surface area (TPSA) is 110 Å². The van der Waals surface area contributed by atoms with Crippen molar-refractivity contribution in [1.82, 2.24) is 35.0 Å². The second-order valence-electron chi connectivity index (χ2n) is 12.9. The molecule has 0 saturated carbocycles. The number of rotatable bonds is 10. The molecule has 0 aliphatic rings. The van der Waals surface area contributed by atoms with Gasteiger partial charge in [0, 0.05) is 58.9 Å². The van der Waals surface area contributed by atoms with Crippen LogP contribution in [0.15, 0.2) is 79.4 Å². The van der Waals surface area contributed by atoms with E-state index in [1.807, 2.05) is 50.5 Å². The second-order valence-corrected chi connectivity index (χ2v) is 12.9. The van der Waals surface area contributed by atoms with Gasteiger partial charge in [0.15, 0.2) is 0 Å². The minimum absolute atomic E-state index is 0.127. The molecule has 0 radical (unpaired) electrons. The van der Waals surface area contributed by atoms with Crippen molar-refractivity contribution in [2.45, 2.75) is 27.2 Å². The van der Waals surface area contributed by atoms with E-state index >= 15 is 0 Å². The van der Waals surface area contributed by atoms with Gasteiger partial charge < -0.3 is 20.5 Å². The highest BCUT2D eigenvalue weighted by Crippen LogP contribution is 2.34. The number of pyridine rings is 3. The van der Waals surface area contributed by atoms with Gasteiger partial charge in [-0.1, -0.05) is 27.4 Å². The lowest BCUT2D eigenvalue weighted by Crippen LogP contribution is -2.20. The van der Waals surface area contributed by atoms with Gasteiger partial charge in [0.05, 0.1) is 34.5 Å². The zero-order chi connectivity index (χ0) is 31.7. The largest absolute Gasteiger partial charge is 0.384 e. The summed E-state index contributed by atoms with van der Waals surface area (Å²) >= 11 is 0. The number of aromatic nitrogens is 6. The van der Waals surface area contributed by atoms with Crippen molar-refractivity contribution in [2.24, 2.45) is 5.41 Å². The summed E-state index contributed by atoms with van der Waals surface area (Å²) in [6.45, 7) is 12.3. The third kappa shape index (κ3) is 6.86. The number of nitrogens with zero attached hydrogens (tertiary/aromatic N) is 5. The van der Waals surface area contributed by atoms with Gasteiger partial charge in [-0.05, 0) is 74.5 Å². The molecule has 5 heterocycles. The van der Waals surface area contributed by atoms with Crippen molar-refractivity contribution in [3.63, 3.8) is 0 Å². The first kappa shape index (κ1) is 30.0. The molecule has 45 heavy (non-hydrogen) atoms. The van der Waals surface area contributed by atoms with Crippen LogP contribution in [0.25, 0.3) is 55.8 Å². The number of likely N-dealkylation sites (N-methyl/N-ethyl adjacent to an activating group) is 1. The van der Waals surface area contributed by atoms with Gasteiger partial charge in [0.2, 0.25) is 0 Å². The molecule has 0 spiro atoms. The zero-order valence-corrected chi connectivity index (χ0v) is 26.3. The summed E-state index contributed by atoms with van der Waals surface area (Å²) in [6.07, 6.45) is 6.16. The Morgan fingerprint density at radius 3 is 2.58 bits per heavy atom. The number of H-pyrrole nitrogens is 2. The molecule has 0 aliphatic heterocycles. The maximum absolute atomic E-state index is 14.7. The number of nitrogens with one attached hydrogen (secondary N) is 4. The van der Waals surface area contributed by atoms with Crippen molar-refractivity contribution in [3.05, 3.63) is 85.2 Å². The molecule has 1 aromatic carbocycles. The van der Waals surface area contributed by atoms with E-state index in [0.717, 1.165) is 63.2 Å². The van der Waals surface area contributed by atoms with Crippen LogP contribution in [-0.4, -0.2) is 62.2 Å². The molecule has 0 atom stereocenters. The Hall–Kier alpha value is -5.09. The number of allylic oxidation sites excluding steroid dienone is 1. The highest BCUT2D eigenvalue weighted by atomic mass is 19.1. The van der Waals surface area contributed by atoms with Crippen LogP contribution in [0.1, 0.15) is 27.2 Å². The second kappa shape index (κ2) is 12.1. The number of hydrogen-bond donors (Lipinski definition) is 4. The number of benzene rings is 1. The Morgan fingerprint density at radius 2 is 1.78 bits per heavy atom. The average Bonchev–Trinajstić information content (AvgIpc) is 3.59. The van der Waals surface area contributed by atoms with E-state index in [0.29, 0.717) is 29.2 Å². The van der Waals surface area contributed by atoms with E-state index in [1.165, 1.54) is 12.1 Å². The monoisotopic (exact) mass is 603 g/mol. The smallest absolute Gasteiger partial charge is 0.135 e. The molecule has 6 rings (SSSR count). The van der Waals surface area contributed by atoms with Gasteiger partial charge in [-0.15, -0.1) is 0 Å². The number of halogens is 1. The summed E-state index contributed by atoms with van der Waals surface area (Å²) < 4.78 is 14.7. The first-order valence-electron chi connectivity index (χ1n) is 15.0. The molecular formula is C35H38FN9. The first-order chi connectivity index (χ1) is 21.5. The van der Waals surface area contributed by atoms with Crippen molar-refractivity contribution in [1.29, 1.82) is 0 Å². The van der Waals surface area contributed by atoms with Crippen molar-refractivity contribution in [3.8, 4) is 33.9 Å². The highest BCUT2D eigenvalue weighted by molar-refractivity contribution is 5.99.